The van der Waals surface area contributed by atoms with Gasteiger partial charge in [-0.15, -0.1) is 0 Å². The summed E-state index contributed by atoms with van der Waals surface area (Å²) in [7, 11) is 0. The van der Waals surface area contributed by atoms with Gasteiger partial charge in [-0.05, 0) is 48.5 Å². The van der Waals surface area contributed by atoms with Crippen LogP contribution < -0.4 is 10.2 Å². The number of carbonyl (C=O) groups is 2. The number of carbonyl (C=O) groups excluding carboxylic acids is 2. The van der Waals surface area contributed by atoms with E-state index in [2.05, 4.69) is 5.32 Å². The third-order valence-electron chi connectivity index (χ3n) is 3.69. The first-order valence-corrected chi connectivity index (χ1v) is 8.19. The number of nitrogens with one attached hydrogen (secondary N) is 1. The number of thioether (sulfide) groups is 1. The van der Waals surface area contributed by atoms with Gasteiger partial charge in [0, 0.05) is 5.69 Å². The molecular formula is C17H13F3N2O2S. The zero-order valence-electron chi connectivity index (χ0n) is 13.0. The summed E-state index contributed by atoms with van der Waals surface area (Å²) in [6.45, 7) is 1.77. The van der Waals surface area contributed by atoms with Crippen molar-refractivity contribution in [3.63, 3.8) is 0 Å². The fourth-order valence-corrected chi connectivity index (χ4v) is 3.37. The van der Waals surface area contributed by atoms with E-state index in [1.165, 1.54) is 12.1 Å². The molecule has 2 aromatic carbocycles. The molecule has 130 valence electrons. The van der Waals surface area contributed by atoms with Gasteiger partial charge in [0.1, 0.15) is 0 Å². The minimum atomic E-state index is -4.48. The zero-order chi connectivity index (χ0) is 18.2. The number of benzene rings is 2. The standard InChI is InChI=1S/C17H13F3N2O2S/c1-10-5-2-3-8-13(10)22-15(23)14(25-16(22)24)21-12-7-4-6-11(9-12)17(18,19)20/h2-9,14,21H,1H3. The number of halogens is 3. The molecule has 0 aromatic heterocycles. The molecule has 8 heteroatoms. The average molecular weight is 366 g/mol. The molecule has 2 aromatic rings. The maximum atomic E-state index is 12.8. The SMILES string of the molecule is Cc1ccccc1N1C(=O)SC(Nc2cccc(C(F)(F)F)c2)C1=O. The number of rotatable bonds is 3. The van der Waals surface area contributed by atoms with Crippen LogP contribution in [0.15, 0.2) is 48.5 Å². The van der Waals surface area contributed by atoms with Gasteiger partial charge >= 0.3 is 6.18 Å². The van der Waals surface area contributed by atoms with Gasteiger partial charge in [0.25, 0.3) is 11.1 Å². The number of alkyl halides is 3. The van der Waals surface area contributed by atoms with E-state index in [-0.39, 0.29) is 5.69 Å². The van der Waals surface area contributed by atoms with Crippen molar-refractivity contribution in [1.29, 1.82) is 0 Å². The lowest BCUT2D eigenvalue weighted by Crippen LogP contribution is -2.34. The molecule has 3 rings (SSSR count). The number of amides is 2. The smallest absolute Gasteiger partial charge is 0.365 e. The lowest BCUT2D eigenvalue weighted by molar-refractivity contribution is -0.137. The lowest BCUT2D eigenvalue weighted by Gasteiger charge is -2.17. The van der Waals surface area contributed by atoms with E-state index < -0.39 is 28.3 Å². The Morgan fingerprint density at radius 1 is 1.08 bits per heavy atom. The Hall–Kier alpha value is -2.48. The third-order valence-corrected chi connectivity index (χ3v) is 4.63. The molecule has 1 aliphatic rings. The van der Waals surface area contributed by atoms with Gasteiger partial charge in [0.2, 0.25) is 0 Å². The van der Waals surface area contributed by atoms with Crippen molar-refractivity contribution in [2.45, 2.75) is 18.5 Å². The fourth-order valence-electron chi connectivity index (χ4n) is 2.47. The average Bonchev–Trinajstić information content (AvgIpc) is 2.82. The monoisotopic (exact) mass is 366 g/mol. The van der Waals surface area contributed by atoms with E-state index in [0.717, 1.165) is 34.4 Å². The summed E-state index contributed by atoms with van der Waals surface area (Å²) in [6.07, 6.45) is -4.48. The summed E-state index contributed by atoms with van der Waals surface area (Å²) >= 11 is 0.739. The van der Waals surface area contributed by atoms with Crippen LogP contribution in [0.1, 0.15) is 11.1 Å². The number of anilines is 2. The molecule has 0 bridgehead atoms. The van der Waals surface area contributed by atoms with E-state index in [4.69, 9.17) is 0 Å². The lowest BCUT2D eigenvalue weighted by atomic mass is 10.2. The Morgan fingerprint density at radius 3 is 2.48 bits per heavy atom. The maximum absolute atomic E-state index is 12.8. The van der Waals surface area contributed by atoms with E-state index in [1.807, 2.05) is 0 Å². The van der Waals surface area contributed by atoms with Gasteiger partial charge in [-0.3, -0.25) is 9.59 Å². The minimum Gasteiger partial charge on any atom is -0.365 e. The van der Waals surface area contributed by atoms with Crippen LogP contribution in [-0.2, 0) is 11.0 Å². The summed E-state index contributed by atoms with van der Waals surface area (Å²) in [4.78, 5) is 25.8. The number of nitrogens with zero attached hydrogens (tertiary/aromatic N) is 1. The van der Waals surface area contributed by atoms with Crippen LogP contribution in [0.2, 0.25) is 0 Å². The van der Waals surface area contributed by atoms with Crippen LogP contribution in [0.4, 0.5) is 29.3 Å². The highest BCUT2D eigenvalue weighted by Gasteiger charge is 2.41. The molecule has 1 saturated heterocycles. The van der Waals surface area contributed by atoms with Gasteiger partial charge < -0.3 is 5.32 Å². The van der Waals surface area contributed by atoms with E-state index >= 15 is 0 Å². The highest BCUT2D eigenvalue weighted by molar-refractivity contribution is 8.16. The minimum absolute atomic E-state index is 0.125. The second-order valence-electron chi connectivity index (χ2n) is 5.45. The summed E-state index contributed by atoms with van der Waals surface area (Å²) in [5.74, 6) is -0.512. The molecule has 0 radical (unpaired) electrons. The summed E-state index contributed by atoms with van der Waals surface area (Å²) in [5, 5.41) is 1.26. The van der Waals surface area contributed by atoms with Gasteiger partial charge in [-0.2, -0.15) is 13.2 Å². The quantitative estimate of drug-likeness (QED) is 0.859. The van der Waals surface area contributed by atoms with Crippen molar-refractivity contribution in [3.05, 3.63) is 59.7 Å². The molecule has 2 amide bonds. The predicted molar refractivity (Wildman–Crippen MR) is 90.5 cm³/mol. The van der Waals surface area contributed by atoms with E-state index in [9.17, 15) is 22.8 Å². The second-order valence-corrected chi connectivity index (χ2v) is 6.50. The van der Waals surface area contributed by atoms with Gasteiger partial charge in [-0.25, -0.2) is 4.90 Å². The molecule has 1 aliphatic heterocycles. The third kappa shape index (κ3) is 3.48. The second kappa shape index (κ2) is 6.44. The molecule has 4 nitrogen and oxygen atoms in total. The number of para-hydroxylation sites is 1. The Bertz CT molecular complexity index is 839. The van der Waals surface area contributed by atoms with Crippen molar-refractivity contribution in [2.24, 2.45) is 0 Å². The highest BCUT2D eigenvalue weighted by Crippen LogP contribution is 2.35. The largest absolute Gasteiger partial charge is 0.416 e. The molecule has 0 spiro atoms. The fraction of sp³-hybridized carbons (Fsp3) is 0.176. The van der Waals surface area contributed by atoms with Crippen molar-refractivity contribution in [1.82, 2.24) is 0 Å². The van der Waals surface area contributed by atoms with Crippen LogP contribution in [0.3, 0.4) is 0 Å². The Balaban J connectivity index is 1.83. The first kappa shape index (κ1) is 17.3. The van der Waals surface area contributed by atoms with Crippen molar-refractivity contribution in [2.75, 3.05) is 10.2 Å². The number of hydrogen-bond acceptors (Lipinski definition) is 4. The topological polar surface area (TPSA) is 49.4 Å². The number of aryl methyl sites for hydroxylation is 1. The van der Waals surface area contributed by atoms with Crippen LogP contribution in [0.5, 0.6) is 0 Å². The molecule has 1 unspecified atom stereocenters. The Morgan fingerprint density at radius 2 is 1.80 bits per heavy atom. The summed E-state index contributed by atoms with van der Waals surface area (Å²) < 4.78 is 38.4. The maximum Gasteiger partial charge on any atom is 0.416 e. The molecule has 1 heterocycles. The van der Waals surface area contributed by atoms with Crippen molar-refractivity contribution < 1.29 is 22.8 Å². The Kier molecular flexibility index (Phi) is 4.47. The number of hydrogen-bond donors (Lipinski definition) is 1. The van der Waals surface area contributed by atoms with Crippen LogP contribution in [0.25, 0.3) is 0 Å². The van der Waals surface area contributed by atoms with Gasteiger partial charge in [0.05, 0.1) is 11.3 Å². The van der Waals surface area contributed by atoms with Crippen molar-refractivity contribution >= 4 is 34.3 Å². The van der Waals surface area contributed by atoms with Crippen LogP contribution >= 0.6 is 11.8 Å². The molecule has 25 heavy (non-hydrogen) atoms. The highest BCUT2D eigenvalue weighted by atomic mass is 32.2. The molecule has 1 fully saturated rings. The summed E-state index contributed by atoms with van der Waals surface area (Å²) in [6, 6.07) is 11.4. The predicted octanol–water partition coefficient (Wildman–Crippen LogP) is 4.65. The molecule has 0 aliphatic carbocycles. The van der Waals surface area contributed by atoms with Gasteiger partial charge in [0.15, 0.2) is 5.37 Å². The van der Waals surface area contributed by atoms with Crippen LogP contribution in [-0.4, -0.2) is 16.5 Å². The van der Waals surface area contributed by atoms with Crippen LogP contribution in [0, 0.1) is 6.92 Å². The summed E-state index contributed by atoms with van der Waals surface area (Å²) in [5.41, 5.74) is 0.526. The molecule has 1 atom stereocenters. The molecule has 1 N–H and O–H groups in total. The Labute approximate surface area is 146 Å². The van der Waals surface area contributed by atoms with E-state index in [1.54, 1.807) is 31.2 Å². The van der Waals surface area contributed by atoms with Gasteiger partial charge in [-0.1, -0.05) is 24.3 Å². The van der Waals surface area contributed by atoms with E-state index in [0.29, 0.717) is 5.69 Å². The first-order chi connectivity index (χ1) is 11.8. The molecular weight excluding hydrogens is 353 g/mol. The molecule has 0 saturated carbocycles. The first-order valence-electron chi connectivity index (χ1n) is 7.31. The normalized spacial score (nSPS) is 17.9. The number of imide groups is 1. The zero-order valence-corrected chi connectivity index (χ0v) is 13.8. The van der Waals surface area contributed by atoms with Crippen molar-refractivity contribution in [3.8, 4) is 0 Å².